The Morgan fingerprint density at radius 1 is 0.839 bits per heavy atom. The Morgan fingerprint density at radius 3 is 2.35 bits per heavy atom. The lowest BCUT2D eigenvalue weighted by Crippen LogP contribution is -2.43. The number of allylic oxidation sites excluding steroid dienone is 1. The van der Waals surface area contributed by atoms with Gasteiger partial charge in [0.25, 0.3) is 0 Å². The molecule has 1 unspecified atom stereocenters. The highest BCUT2D eigenvalue weighted by molar-refractivity contribution is 5.93. The molecule has 156 valence electrons. The number of Topliss-reactive ketones (excluding diaryl/α,β-unsaturated/α-hetero) is 1. The lowest BCUT2D eigenvalue weighted by atomic mass is 9.59. The summed E-state index contributed by atoms with van der Waals surface area (Å²) in [5.74, 6) is 1.72. The topological polar surface area (TPSA) is 35.5 Å². The van der Waals surface area contributed by atoms with Crippen molar-refractivity contribution in [3.63, 3.8) is 0 Å². The molecule has 1 aliphatic heterocycles. The maximum Gasteiger partial charge on any atom is 0.231 e. The fourth-order valence-electron chi connectivity index (χ4n) is 5.03. The average Bonchev–Trinajstić information content (AvgIpc) is 3.30. The van der Waals surface area contributed by atoms with Gasteiger partial charge in [0.1, 0.15) is 5.78 Å². The maximum absolute atomic E-state index is 13.7. The van der Waals surface area contributed by atoms with Gasteiger partial charge < -0.3 is 9.47 Å². The van der Waals surface area contributed by atoms with Crippen LogP contribution < -0.4 is 9.47 Å². The van der Waals surface area contributed by atoms with E-state index in [9.17, 15) is 4.79 Å². The molecular formula is C28H26O3. The molecule has 5 rings (SSSR count). The van der Waals surface area contributed by atoms with E-state index in [0.29, 0.717) is 12.2 Å². The second-order valence-corrected chi connectivity index (χ2v) is 8.33. The summed E-state index contributed by atoms with van der Waals surface area (Å²) >= 11 is 0. The zero-order valence-corrected chi connectivity index (χ0v) is 17.5. The zero-order chi connectivity index (χ0) is 21.1. The summed E-state index contributed by atoms with van der Waals surface area (Å²) in [6.07, 6.45) is 7.78. The third-order valence-corrected chi connectivity index (χ3v) is 6.58. The van der Waals surface area contributed by atoms with Crippen molar-refractivity contribution >= 4 is 11.9 Å². The van der Waals surface area contributed by atoms with Gasteiger partial charge >= 0.3 is 0 Å². The van der Waals surface area contributed by atoms with Crippen LogP contribution in [0.1, 0.15) is 48.3 Å². The van der Waals surface area contributed by atoms with E-state index in [2.05, 4.69) is 54.6 Å². The fraction of sp³-hybridized carbons (Fsp3) is 0.250. The summed E-state index contributed by atoms with van der Waals surface area (Å²) in [5.41, 5.74) is 2.69. The van der Waals surface area contributed by atoms with Gasteiger partial charge in [0.2, 0.25) is 6.79 Å². The number of fused-ring (bicyclic) bond motifs is 1. The van der Waals surface area contributed by atoms with Crippen molar-refractivity contribution in [1.82, 2.24) is 0 Å². The predicted molar refractivity (Wildman–Crippen MR) is 122 cm³/mol. The third kappa shape index (κ3) is 3.65. The first kappa shape index (κ1) is 19.6. The Kier molecular flexibility index (Phi) is 5.33. The molecule has 0 N–H and O–H groups in total. The van der Waals surface area contributed by atoms with Gasteiger partial charge in [-0.1, -0.05) is 85.3 Å². The number of carbonyl (C=O) groups excluding carboxylic acids is 1. The van der Waals surface area contributed by atoms with E-state index in [0.717, 1.165) is 47.5 Å². The molecule has 3 aromatic rings. The molecule has 31 heavy (non-hydrogen) atoms. The molecule has 3 nitrogen and oxygen atoms in total. The van der Waals surface area contributed by atoms with Gasteiger partial charge in [-0.3, -0.25) is 4.79 Å². The Morgan fingerprint density at radius 2 is 1.58 bits per heavy atom. The summed E-state index contributed by atoms with van der Waals surface area (Å²) in [6.45, 7) is 0.232. The van der Waals surface area contributed by atoms with E-state index in [4.69, 9.17) is 9.47 Å². The Bertz CT molecular complexity index is 1090. The Balaban J connectivity index is 1.67. The van der Waals surface area contributed by atoms with Crippen molar-refractivity contribution in [2.75, 3.05) is 6.79 Å². The van der Waals surface area contributed by atoms with Crippen LogP contribution in [-0.2, 0) is 10.2 Å². The molecular weight excluding hydrogens is 384 g/mol. The minimum atomic E-state index is -0.619. The largest absolute Gasteiger partial charge is 0.454 e. The number of hydrogen-bond acceptors (Lipinski definition) is 3. The van der Waals surface area contributed by atoms with Crippen LogP contribution in [0.3, 0.4) is 0 Å². The summed E-state index contributed by atoms with van der Waals surface area (Å²) < 4.78 is 11.2. The van der Waals surface area contributed by atoms with E-state index in [1.54, 1.807) is 0 Å². The molecule has 0 radical (unpaired) electrons. The van der Waals surface area contributed by atoms with Gasteiger partial charge in [0.15, 0.2) is 11.5 Å². The van der Waals surface area contributed by atoms with Gasteiger partial charge in [-0.05, 0) is 41.7 Å². The predicted octanol–water partition coefficient (Wildman–Crippen LogP) is 6.29. The molecule has 1 aliphatic carbocycles. The average molecular weight is 411 g/mol. The first-order valence-electron chi connectivity index (χ1n) is 11.0. The smallest absolute Gasteiger partial charge is 0.231 e. The number of benzene rings is 3. The van der Waals surface area contributed by atoms with Crippen molar-refractivity contribution in [2.24, 2.45) is 0 Å². The van der Waals surface area contributed by atoms with E-state index >= 15 is 0 Å². The normalized spacial score (nSPS) is 21.4. The summed E-state index contributed by atoms with van der Waals surface area (Å²) in [5, 5.41) is 0. The SMILES string of the molecule is O=C1CCCC[C@]1(c1ccc2c(c1)OCO2)C(/C=C/c1ccccc1)c1ccccc1. The number of ether oxygens (including phenoxy) is 2. The standard InChI is InChI=1S/C28H26O3/c29-27-13-7-8-18-28(27,23-15-17-25-26(19-23)31-20-30-25)24(22-11-5-2-6-12-22)16-14-21-9-3-1-4-10-21/h1-6,9-12,14-17,19,24H,7-8,13,18,20H2/b16-14+/t24?,28-/m0/s1. The van der Waals surface area contributed by atoms with Gasteiger partial charge in [-0.2, -0.15) is 0 Å². The van der Waals surface area contributed by atoms with Gasteiger partial charge in [0.05, 0.1) is 5.41 Å². The van der Waals surface area contributed by atoms with Crippen LogP contribution in [0.5, 0.6) is 11.5 Å². The monoisotopic (exact) mass is 410 g/mol. The minimum Gasteiger partial charge on any atom is -0.454 e. The molecule has 2 aliphatic rings. The zero-order valence-electron chi connectivity index (χ0n) is 17.5. The van der Waals surface area contributed by atoms with Crippen molar-refractivity contribution in [3.05, 3.63) is 102 Å². The van der Waals surface area contributed by atoms with Crippen molar-refractivity contribution in [1.29, 1.82) is 0 Å². The summed E-state index contributed by atoms with van der Waals surface area (Å²) in [6, 6.07) is 26.7. The van der Waals surface area contributed by atoms with E-state index in [1.165, 1.54) is 0 Å². The number of hydrogen-bond donors (Lipinski definition) is 0. The van der Waals surface area contributed by atoms with Crippen LogP contribution >= 0.6 is 0 Å². The van der Waals surface area contributed by atoms with Crippen LogP contribution in [0, 0.1) is 0 Å². The van der Waals surface area contributed by atoms with Crippen molar-refractivity contribution in [2.45, 2.75) is 37.0 Å². The van der Waals surface area contributed by atoms with Crippen LogP contribution in [0.15, 0.2) is 84.9 Å². The molecule has 1 saturated carbocycles. The molecule has 0 aromatic heterocycles. The second kappa shape index (κ2) is 8.43. The lowest BCUT2D eigenvalue weighted by molar-refractivity contribution is -0.127. The molecule has 1 fully saturated rings. The molecule has 3 heteroatoms. The maximum atomic E-state index is 13.7. The Labute approximate surface area is 183 Å². The molecule has 2 atom stereocenters. The highest BCUT2D eigenvalue weighted by Gasteiger charge is 2.47. The molecule has 1 heterocycles. The number of carbonyl (C=O) groups is 1. The molecule has 0 spiro atoms. The second-order valence-electron chi connectivity index (χ2n) is 8.33. The van der Waals surface area contributed by atoms with Crippen LogP contribution in [0.4, 0.5) is 0 Å². The third-order valence-electron chi connectivity index (χ3n) is 6.58. The molecule has 0 bridgehead atoms. The fourth-order valence-corrected chi connectivity index (χ4v) is 5.03. The number of rotatable bonds is 5. The Hall–Kier alpha value is -3.33. The highest BCUT2D eigenvalue weighted by atomic mass is 16.7. The quantitative estimate of drug-likeness (QED) is 0.496. The first-order valence-corrected chi connectivity index (χ1v) is 11.0. The van der Waals surface area contributed by atoms with E-state index in [-0.39, 0.29) is 12.7 Å². The van der Waals surface area contributed by atoms with E-state index < -0.39 is 5.41 Å². The molecule has 0 amide bonds. The van der Waals surface area contributed by atoms with Crippen molar-refractivity contribution < 1.29 is 14.3 Å². The van der Waals surface area contributed by atoms with Crippen LogP contribution in [0.2, 0.25) is 0 Å². The van der Waals surface area contributed by atoms with Crippen molar-refractivity contribution in [3.8, 4) is 11.5 Å². The molecule has 0 saturated heterocycles. The van der Waals surface area contributed by atoms with Gasteiger partial charge in [-0.15, -0.1) is 0 Å². The minimum absolute atomic E-state index is 0.0675. The lowest BCUT2D eigenvalue weighted by Gasteiger charge is -2.42. The first-order chi connectivity index (χ1) is 15.3. The summed E-state index contributed by atoms with van der Waals surface area (Å²) in [4.78, 5) is 13.7. The van der Waals surface area contributed by atoms with Crippen LogP contribution in [-0.4, -0.2) is 12.6 Å². The number of ketones is 1. The summed E-state index contributed by atoms with van der Waals surface area (Å²) in [7, 11) is 0. The van der Waals surface area contributed by atoms with Crippen LogP contribution in [0.25, 0.3) is 6.08 Å². The van der Waals surface area contributed by atoms with Gasteiger partial charge in [-0.25, -0.2) is 0 Å². The highest BCUT2D eigenvalue weighted by Crippen LogP contribution is 2.50. The van der Waals surface area contributed by atoms with E-state index in [1.807, 2.05) is 36.4 Å². The molecule has 3 aromatic carbocycles. The van der Waals surface area contributed by atoms with Gasteiger partial charge in [0, 0.05) is 12.3 Å².